The summed E-state index contributed by atoms with van der Waals surface area (Å²) in [7, 11) is 1.58. The van der Waals surface area contributed by atoms with Gasteiger partial charge in [0.15, 0.2) is 0 Å². The highest BCUT2D eigenvalue weighted by Gasteiger charge is 2.41. The van der Waals surface area contributed by atoms with Crippen LogP contribution in [0.5, 0.6) is 5.75 Å². The number of nitrogens with one attached hydrogen (secondary N) is 1. The lowest BCUT2D eigenvalue weighted by molar-refractivity contribution is -0.384. The molecule has 2 aliphatic rings. The molecule has 1 atom stereocenters. The molecule has 1 aromatic rings. The molecule has 1 N–H and O–H groups in total. The molecule has 0 bridgehead atoms. The highest BCUT2D eigenvalue weighted by molar-refractivity contribution is 5.66. The quantitative estimate of drug-likeness (QED) is 0.674. The molecule has 108 valence electrons. The minimum atomic E-state index is -0.313. The summed E-state index contributed by atoms with van der Waals surface area (Å²) in [5, 5.41) is 14.6. The van der Waals surface area contributed by atoms with Crippen molar-refractivity contribution < 1.29 is 9.66 Å². The summed E-state index contributed by atoms with van der Waals surface area (Å²) in [4.78, 5) is 13.0. The van der Waals surface area contributed by atoms with E-state index in [0.29, 0.717) is 11.4 Å². The molecule has 2 saturated heterocycles. The van der Waals surface area contributed by atoms with Crippen molar-refractivity contribution >= 4 is 11.4 Å². The Bertz CT molecular complexity index is 526. The monoisotopic (exact) mass is 277 g/mol. The number of hydrogen-bond donors (Lipinski definition) is 1. The second-order valence-corrected chi connectivity index (χ2v) is 5.71. The van der Waals surface area contributed by atoms with Crippen LogP contribution in [0.1, 0.15) is 12.8 Å². The number of ether oxygens (including phenoxy) is 1. The van der Waals surface area contributed by atoms with Gasteiger partial charge in [-0.3, -0.25) is 10.1 Å². The SMILES string of the molecule is COc1ccc([N+](=O)[O-])c(N2CCC3(CCNC3)C2)c1. The number of anilines is 1. The van der Waals surface area contributed by atoms with Crippen LogP contribution in [-0.2, 0) is 0 Å². The van der Waals surface area contributed by atoms with Crippen LogP contribution in [0.15, 0.2) is 18.2 Å². The standard InChI is InChI=1S/C14H19N3O3/c1-20-11-2-3-12(17(18)19)13(8-11)16-7-5-14(10-16)4-6-15-9-14/h2-3,8,15H,4-7,9-10H2,1H3. The molecule has 0 amide bonds. The lowest BCUT2D eigenvalue weighted by Gasteiger charge is -2.24. The summed E-state index contributed by atoms with van der Waals surface area (Å²) >= 11 is 0. The lowest BCUT2D eigenvalue weighted by atomic mass is 9.86. The van der Waals surface area contributed by atoms with E-state index >= 15 is 0 Å². The number of rotatable bonds is 3. The van der Waals surface area contributed by atoms with Crippen LogP contribution >= 0.6 is 0 Å². The van der Waals surface area contributed by atoms with E-state index in [4.69, 9.17) is 4.74 Å². The zero-order chi connectivity index (χ0) is 14.2. The predicted molar refractivity (Wildman–Crippen MR) is 76.4 cm³/mol. The van der Waals surface area contributed by atoms with Gasteiger partial charge in [0, 0.05) is 37.2 Å². The second-order valence-electron chi connectivity index (χ2n) is 5.71. The molecule has 20 heavy (non-hydrogen) atoms. The van der Waals surface area contributed by atoms with Crippen LogP contribution in [0.2, 0.25) is 0 Å². The third-order valence-corrected chi connectivity index (χ3v) is 4.49. The van der Waals surface area contributed by atoms with E-state index in [1.165, 1.54) is 6.07 Å². The van der Waals surface area contributed by atoms with Crippen LogP contribution < -0.4 is 15.0 Å². The molecule has 2 fully saturated rings. The Labute approximate surface area is 117 Å². The Morgan fingerprint density at radius 3 is 2.95 bits per heavy atom. The molecule has 2 heterocycles. The van der Waals surface area contributed by atoms with Gasteiger partial charge in [0.1, 0.15) is 11.4 Å². The molecule has 0 saturated carbocycles. The molecule has 0 aliphatic carbocycles. The van der Waals surface area contributed by atoms with E-state index in [1.807, 2.05) is 0 Å². The molecule has 3 rings (SSSR count). The van der Waals surface area contributed by atoms with Crippen LogP contribution in [-0.4, -0.2) is 38.2 Å². The van der Waals surface area contributed by atoms with Crippen LogP contribution in [0, 0.1) is 15.5 Å². The summed E-state index contributed by atoms with van der Waals surface area (Å²) in [5.74, 6) is 0.663. The third-order valence-electron chi connectivity index (χ3n) is 4.49. The fourth-order valence-electron chi connectivity index (χ4n) is 3.32. The van der Waals surface area contributed by atoms with E-state index in [0.717, 1.165) is 39.0 Å². The number of benzene rings is 1. The maximum Gasteiger partial charge on any atom is 0.292 e. The van der Waals surface area contributed by atoms with Gasteiger partial charge in [-0.05, 0) is 25.5 Å². The number of hydrogen-bond acceptors (Lipinski definition) is 5. The number of nitrogens with zero attached hydrogens (tertiary/aromatic N) is 2. The van der Waals surface area contributed by atoms with Crippen molar-refractivity contribution in [3.05, 3.63) is 28.3 Å². The van der Waals surface area contributed by atoms with E-state index in [1.54, 1.807) is 19.2 Å². The molecule has 1 unspecified atom stereocenters. The Balaban J connectivity index is 1.91. The molecule has 1 aromatic carbocycles. The number of nitro benzene ring substituents is 1. The first kappa shape index (κ1) is 13.2. The van der Waals surface area contributed by atoms with Gasteiger partial charge in [0.05, 0.1) is 12.0 Å². The van der Waals surface area contributed by atoms with E-state index in [9.17, 15) is 10.1 Å². The van der Waals surface area contributed by atoms with E-state index in [-0.39, 0.29) is 16.0 Å². The molecule has 1 spiro atoms. The van der Waals surface area contributed by atoms with Crippen molar-refractivity contribution in [3.63, 3.8) is 0 Å². The van der Waals surface area contributed by atoms with Crippen molar-refractivity contribution in [2.24, 2.45) is 5.41 Å². The smallest absolute Gasteiger partial charge is 0.292 e. The minimum Gasteiger partial charge on any atom is -0.497 e. The Kier molecular flexibility index (Phi) is 3.25. The summed E-state index contributed by atoms with van der Waals surface area (Å²) in [6.07, 6.45) is 2.25. The fourth-order valence-corrected chi connectivity index (χ4v) is 3.32. The Hall–Kier alpha value is -1.82. The molecule has 2 aliphatic heterocycles. The van der Waals surface area contributed by atoms with Gasteiger partial charge in [0.2, 0.25) is 0 Å². The summed E-state index contributed by atoms with van der Waals surface area (Å²) < 4.78 is 5.20. The van der Waals surface area contributed by atoms with Crippen LogP contribution in [0.25, 0.3) is 0 Å². The lowest BCUT2D eigenvalue weighted by Crippen LogP contribution is -2.29. The first-order valence-corrected chi connectivity index (χ1v) is 6.92. The molecule has 0 aromatic heterocycles. The summed E-state index contributed by atoms with van der Waals surface area (Å²) in [6.45, 7) is 3.82. The highest BCUT2D eigenvalue weighted by Crippen LogP contribution is 2.41. The van der Waals surface area contributed by atoms with Gasteiger partial charge in [-0.25, -0.2) is 0 Å². The summed E-state index contributed by atoms with van der Waals surface area (Å²) in [5.41, 5.74) is 1.13. The average Bonchev–Trinajstić information content (AvgIpc) is 3.09. The third kappa shape index (κ3) is 2.20. The van der Waals surface area contributed by atoms with Crippen molar-refractivity contribution in [2.75, 3.05) is 38.2 Å². The van der Waals surface area contributed by atoms with Gasteiger partial charge in [0.25, 0.3) is 5.69 Å². The van der Waals surface area contributed by atoms with Gasteiger partial charge < -0.3 is 15.0 Å². The number of methoxy groups -OCH3 is 1. The van der Waals surface area contributed by atoms with Crippen molar-refractivity contribution in [2.45, 2.75) is 12.8 Å². The molecule has 6 nitrogen and oxygen atoms in total. The maximum atomic E-state index is 11.2. The van der Waals surface area contributed by atoms with Crippen molar-refractivity contribution in [3.8, 4) is 5.75 Å². The predicted octanol–water partition coefficient (Wildman–Crippen LogP) is 1.79. The van der Waals surface area contributed by atoms with E-state index in [2.05, 4.69) is 10.2 Å². The van der Waals surface area contributed by atoms with Crippen molar-refractivity contribution in [1.82, 2.24) is 5.32 Å². The molecular weight excluding hydrogens is 258 g/mol. The normalized spacial score (nSPS) is 25.4. The number of nitro groups is 1. The first-order chi connectivity index (χ1) is 9.63. The molecule has 6 heteroatoms. The van der Waals surface area contributed by atoms with Crippen molar-refractivity contribution in [1.29, 1.82) is 0 Å². The molecule has 0 radical (unpaired) electrons. The first-order valence-electron chi connectivity index (χ1n) is 6.92. The zero-order valence-electron chi connectivity index (χ0n) is 11.6. The minimum absolute atomic E-state index is 0.161. The maximum absolute atomic E-state index is 11.2. The van der Waals surface area contributed by atoms with Gasteiger partial charge in [-0.1, -0.05) is 0 Å². The zero-order valence-corrected chi connectivity index (χ0v) is 11.6. The second kappa shape index (κ2) is 4.94. The summed E-state index contributed by atoms with van der Waals surface area (Å²) in [6, 6.07) is 4.95. The van der Waals surface area contributed by atoms with Gasteiger partial charge in [-0.15, -0.1) is 0 Å². The topological polar surface area (TPSA) is 67.6 Å². The Morgan fingerprint density at radius 2 is 2.30 bits per heavy atom. The van der Waals surface area contributed by atoms with Crippen LogP contribution in [0.3, 0.4) is 0 Å². The van der Waals surface area contributed by atoms with Gasteiger partial charge >= 0.3 is 0 Å². The highest BCUT2D eigenvalue weighted by atomic mass is 16.6. The van der Waals surface area contributed by atoms with E-state index < -0.39 is 0 Å². The van der Waals surface area contributed by atoms with Gasteiger partial charge in [-0.2, -0.15) is 0 Å². The molecular formula is C14H19N3O3. The average molecular weight is 277 g/mol. The van der Waals surface area contributed by atoms with Crippen LogP contribution in [0.4, 0.5) is 11.4 Å². The largest absolute Gasteiger partial charge is 0.497 e. The fraction of sp³-hybridized carbons (Fsp3) is 0.571. The Morgan fingerprint density at radius 1 is 1.45 bits per heavy atom.